The van der Waals surface area contributed by atoms with Crippen molar-refractivity contribution in [3.05, 3.63) is 16.1 Å². The van der Waals surface area contributed by atoms with E-state index in [0.717, 1.165) is 31.8 Å². The van der Waals surface area contributed by atoms with E-state index in [1.165, 1.54) is 4.88 Å². The van der Waals surface area contributed by atoms with Crippen molar-refractivity contribution in [3.63, 3.8) is 0 Å². The van der Waals surface area contributed by atoms with Gasteiger partial charge in [-0.05, 0) is 20.4 Å². The van der Waals surface area contributed by atoms with Crippen molar-refractivity contribution >= 4 is 11.3 Å². The van der Waals surface area contributed by atoms with Crippen LogP contribution in [0.3, 0.4) is 0 Å². The maximum absolute atomic E-state index is 5.69. The van der Waals surface area contributed by atoms with Gasteiger partial charge < -0.3 is 10.1 Å². The summed E-state index contributed by atoms with van der Waals surface area (Å²) in [4.78, 5) is 5.55. The molecule has 86 valence electrons. The second-order valence-corrected chi connectivity index (χ2v) is 4.54. The van der Waals surface area contributed by atoms with Crippen LogP contribution >= 0.6 is 11.3 Å². The molecular weight excluding hydrogens is 208 g/mol. The highest BCUT2D eigenvalue weighted by Crippen LogP contribution is 2.12. The summed E-state index contributed by atoms with van der Waals surface area (Å²) in [5.41, 5.74) is 3.04. The summed E-state index contributed by atoms with van der Waals surface area (Å²) in [5, 5.41) is 3.27. The van der Waals surface area contributed by atoms with Gasteiger partial charge in [-0.1, -0.05) is 6.92 Å². The second kappa shape index (κ2) is 6.93. The van der Waals surface area contributed by atoms with Crippen molar-refractivity contribution in [2.24, 2.45) is 0 Å². The molecule has 1 heterocycles. The van der Waals surface area contributed by atoms with Crippen molar-refractivity contribution in [2.75, 3.05) is 19.7 Å². The predicted molar refractivity (Wildman–Crippen MR) is 64.5 cm³/mol. The molecule has 1 atom stereocenters. The van der Waals surface area contributed by atoms with E-state index in [1.807, 2.05) is 12.4 Å². The number of hydrogen-bond acceptors (Lipinski definition) is 4. The molecule has 0 saturated carbocycles. The van der Waals surface area contributed by atoms with Crippen molar-refractivity contribution in [1.29, 1.82) is 0 Å². The quantitative estimate of drug-likeness (QED) is 0.775. The van der Waals surface area contributed by atoms with Gasteiger partial charge in [-0.3, -0.25) is 0 Å². The molecule has 3 nitrogen and oxygen atoms in total. The van der Waals surface area contributed by atoms with Gasteiger partial charge in [-0.25, -0.2) is 4.98 Å². The summed E-state index contributed by atoms with van der Waals surface area (Å²) in [7, 11) is 0. The fourth-order valence-corrected chi connectivity index (χ4v) is 2.09. The van der Waals surface area contributed by atoms with Crippen molar-refractivity contribution in [3.8, 4) is 0 Å². The van der Waals surface area contributed by atoms with E-state index in [2.05, 4.69) is 24.1 Å². The zero-order valence-electron chi connectivity index (χ0n) is 9.75. The standard InChI is InChI=1S/C11H20N2OS/c1-4-12-7-9(2)14-6-5-11-10(3)13-8-15-11/h8-9,12H,4-7H2,1-3H3. The third kappa shape index (κ3) is 4.73. The first-order valence-corrected chi connectivity index (χ1v) is 6.33. The molecule has 1 aromatic heterocycles. The number of thiazole rings is 1. The van der Waals surface area contributed by atoms with Crippen LogP contribution in [0.25, 0.3) is 0 Å². The average Bonchev–Trinajstić information content (AvgIpc) is 2.61. The summed E-state index contributed by atoms with van der Waals surface area (Å²) in [5.74, 6) is 0. The van der Waals surface area contributed by atoms with Crippen LogP contribution in [0.4, 0.5) is 0 Å². The topological polar surface area (TPSA) is 34.1 Å². The number of likely N-dealkylation sites (N-methyl/N-ethyl adjacent to an activating group) is 1. The number of nitrogens with zero attached hydrogens (tertiary/aromatic N) is 1. The normalized spacial score (nSPS) is 13.0. The molecule has 1 N–H and O–H groups in total. The van der Waals surface area contributed by atoms with E-state index < -0.39 is 0 Å². The molecule has 0 amide bonds. The van der Waals surface area contributed by atoms with E-state index in [9.17, 15) is 0 Å². The van der Waals surface area contributed by atoms with Crippen LogP contribution < -0.4 is 5.32 Å². The molecule has 1 rings (SSSR count). The summed E-state index contributed by atoms with van der Waals surface area (Å²) in [6.07, 6.45) is 1.27. The number of ether oxygens (including phenoxy) is 1. The second-order valence-electron chi connectivity index (χ2n) is 3.60. The Morgan fingerprint density at radius 3 is 3.00 bits per heavy atom. The molecule has 4 heteroatoms. The van der Waals surface area contributed by atoms with Crippen LogP contribution in [-0.4, -0.2) is 30.8 Å². The number of hydrogen-bond donors (Lipinski definition) is 1. The predicted octanol–water partition coefficient (Wildman–Crippen LogP) is 2.01. The van der Waals surface area contributed by atoms with Gasteiger partial charge in [-0.2, -0.15) is 0 Å². The first kappa shape index (κ1) is 12.6. The molecule has 0 aromatic carbocycles. The molecule has 0 aliphatic heterocycles. The van der Waals surface area contributed by atoms with E-state index in [-0.39, 0.29) is 6.10 Å². The maximum Gasteiger partial charge on any atom is 0.0797 e. The van der Waals surface area contributed by atoms with E-state index >= 15 is 0 Å². The van der Waals surface area contributed by atoms with Gasteiger partial charge in [0.2, 0.25) is 0 Å². The number of aryl methyl sites for hydroxylation is 1. The lowest BCUT2D eigenvalue weighted by atomic mass is 10.3. The Bertz CT molecular complexity index is 275. The first-order valence-electron chi connectivity index (χ1n) is 5.45. The lowest BCUT2D eigenvalue weighted by Crippen LogP contribution is -2.27. The fourth-order valence-electron chi connectivity index (χ4n) is 1.33. The van der Waals surface area contributed by atoms with Gasteiger partial charge in [0.1, 0.15) is 0 Å². The third-order valence-electron chi connectivity index (χ3n) is 2.26. The Balaban J connectivity index is 2.13. The fraction of sp³-hybridized carbons (Fsp3) is 0.727. The summed E-state index contributed by atoms with van der Waals surface area (Å²) in [6.45, 7) is 8.97. The maximum atomic E-state index is 5.69. The van der Waals surface area contributed by atoms with Gasteiger partial charge in [0, 0.05) is 17.8 Å². The zero-order valence-corrected chi connectivity index (χ0v) is 10.6. The largest absolute Gasteiger partial charge is 0.377 e. The highest BCUT2D eigenvalue weighted by molar-refractivity contribution is 7.09. The lowest BCUT2D eigenvalue weighted by molar-refractivity contribution is 0.0688. The van der Waals surface area contributed by atoms with E-state index in [0.29, 0.717) is 0 Å². The third-order valence-corrected chi connectivity index (χ3v) is 3.25. The number of rotatable bonds is 7. The molecule has 0 aliphatic rings. The van der Waals surface area contributed by atoms with Crippen molar-refractivity contribution < 1.29 is 4.74 Å². The molecule has 0 radical (unpaired) electrons. The Hall–Kier alpha value is -0.450. The average molecular weight is 228 g/mol. The minimum absolute atomic E-state index is 0.290. The van der Waals surface area contributed by atoms with Crippen LogP contribution in [0.2, 0.25) is 0 Å². The molecular formula is C11H20N2OS. The summed E-state index contributed by atoms with van der Waals surface area (Å²) < 4.78 is 5.69. The van der Waals surface area contributed by atoms with Crippen molar-refractivity contribution in [2.45, 2.75) is 33.3 Å². The van der Waals surface area contributed by atoms with Crippen LogP contribution in [0, 0.1) is 6.92 Å². The summed E-state index contributed by atoms with van der Waals surface area (Å²) >= 11 is 1.71. The molecule has 1 aromatic rings. The Morgan fingerprint density at radius 1 is 1.60 bits per heavy atom. The highest BCUT2D eigenvalue weighted by Gasteiger charge is 2.04. The van der Waals surface area contributed by atoms with Crippen LogP contribution in [0.5, 0.6) is 0 Å². The monoisotopic (exact) mass is 228 g/mol. The molecule has 0 bridgehead atoms. The van der Waals surface area contributed by atoms with Gasteiger partial charge >= 0.3 is 0 Å². The smallest absolute Gasteiger partial charge is 0.0797 e. The van der Waals surface area contributed by atoms with Gasteiger partial charge in [0.25, 0.3) is 0 Å². The minimum atomic E-state index is 0.290. The first-order chi connectivity index (χ1) is 7.24. The lowest BCUT2D eigenvalue weighted by Gasteiger charge is -2.12. The van der Waals surface area contributed by atoms with Crippen LogP contribution in [-0.2, 0) is 11.2 Å². The molecule has 0 saturated heterocycles. The van der Waals surface area contributed by atoms with E-state index in [1.54, 1.807) is 11.3 Å². The molecule has 0 fully saturated rings. The zero-order chi connectivity index (χ0) is 11.1. The number of aromatic nitrogens is 1. The highest BCUT2D eigenvalue weighted by atomic mass is 32.1. The van der Waals surface area contributed by atoms with Gasteiger partial charge in [-0.15, -0.1) is 11.3 Å². The minimum Gasteiger partial charge on any atom is -0.377 e. The van der Waals surface area contributed by atoms with Crippen LogP contribution in [0.15, 0.2) is 5.51 Å². The molecule has 0 aliphatic carbocycles. The Kier molecular flexibility index (Phi) is 5.83. The summed E-state index contributed by atoms with van der Waals surface area (Å²) in [6, 6.07) is 0. The molecule has 1 unspecified atom stereocenters. The molecule has 15 heavy (non-hydrogen) atoms. The van der Waals surface area contributed by atoms with Crippen molar-refractivity contribution in [1.82, 2.24) is 10.3 Å². The van der Waals surface area contributed by atoms with Gasteiger partial charge in [0.15, 0.2) is 0 Å². The van der Waals surface area contributed by atoms with Crippen LogP contribution in [0.1, 0.15) is 24.4 Å². The molecule has 0 spiro atoms. The SMILES string of the molecule is CCNCC(C)OCCc1scnc1C. The van der Waals surface area contributed by atoms with Gasteiger partial charge in [0.05, 0.1) is 23.9 Å². The Morgan fingerprint density at radius 2 is 2.40 bits per heavy atom. The Labute approximate surface area is 95.9 Å². The van der Waals surface area contributed by atoms with E-state index in [4.69, 9.17) is 4.74 Å². The number of nitrogens with one attached hydrogen (secondary N) is 1.